The predicted octanol–water partition coefficient (Wildman–Crippen LogP) is 3.31. The molecule has 148 valence electrons. The van der Waals surface area contributed by atoms with Gasteiger partial charge in [-0.1, -0.05) is 37.3 Å². The summed E-state index contributed by atoms with van der Waals surface area (Å²) < 4.78 is 5.55. The summed E-state index contributed by atoms with van der Waals surface area (Å²) in [5.74, 6) is 0.592. The van der Waals surface area contributed by atoms with Crippen molar-refractivity contribution in [3.05, 3.63) is 65.7 Å². The summed E-state index contributed by atoms with van der Waals surface area (Å²) in [6.07, 6.45) is 0.953. The Bertz CT molecular complexity index is 772. The van der Waals surface area contributed by atoms with Gasteiger partial charge in [-0.3, -0.25) is 15.0 Å². The lowest BCUT2D eigenvalue weighted by Gasteiger charge is -2.36. The molecule has 1 saturated heterocycles. The average molecular weight is 398 g/mol. The lowest BCUT2D eigenvalue weighted by atomic mass is 10.2. The van der Waals surface area contributed by atoms with E-state index in [-0.39, 0.29) is 5.91 Å². The maximum absolute atomic E-state index is 12.5. The van der Waals surface area contributed by atoms with Crippen LogP contribution in [-0.4, -0.2) is 53.6 Å². The molecule has 0 saturated carbocycles. The Labute approximate surface area is 172 Å². The fourth-order valence-corrected chi connectivity index (χ4v) is 3.40. The Morgan fingerprint density at radius 1 is 1.04 bits per heavy atom. The first kappa shape index (κ1) is 20.3. The molecule has 28 heavy (non-hydrogen) atoms. The van der Waals surface area contributed by atoms with Crippen LogP contribution in [0.3, 0.4) is 0 Å². The highest BCUT2D eigenvalue weighted by Crippen LogP contribution is 2.13. The predicted molar refractivity (Wildman–Crippen MR) is 116 cm³/mol. The summed E-state index contributed by atoms with van der Waals surface area (Å²) >= 11 is 5.45. The normalized spacial score (nSPS) is 14.5. The van der Waals surface area contributed by atoms with Crippen LogP contribution < -0.4 is 10.1 Å². The van der Waals surface area contributed by atoms with Crippen LogP contribution in [0.2, 0.25) is 0 Å². The molecule has 1 aliphatic heterocycles. The molecule has 0 unspecified atom stereocenters. The Morgan fingerprint density at radius 3 is 2.36 bits per heavy atom. The number of nitrogens with zero attached hydrogens (tertiary/aromatic N) is 2. The topological polar surface area (TPSA) is 44.8 Å². The van der Waals surface area contributed by atoms with Crippen molar-refractivity contribution in [1.82, 2.24) is 15.1 Å². The molecule has 1 fully saturated rings. The molecule has 5 nitrogen and oxygen atoms in total. The zero-order valence-electron chi connectivity index (χ0n) is 16.3. The molecule has 2 aromatic carbocycles. The van der Waals surface area contributed by atoms with Gasteiger partial charge >= 0.3 is 0 Å². The highest BCUT2D eigenvalue weighted by atomic mass is 32.1. The summed E-state index contributed by atoms with van der Waals surface area (Å²) in [5, 5.41) is 3.35. The molecule has 0 bridgehead atoms. The Morgan fingerprint density at radius 2 is 1.71 bits per heavy atom. The van der Waals surface area contributed by atoms with Crippen molar-refractivity contribution in [3.63, 3.8) is 0 Å². The fourth-order valence-electron chi connectivity index (χ4n) is 3.12. The molecule has 0 spiro atoms. The number of carbonyl (C=O) groups excluding carboxylic acids is 1. The van der Waals surface area contributed by atoms with Crippen molar-refractivity contribution in [3.8, 4) is 5.75 Å². The number of piperazine rings is 1. The van der Waals surface area contributed by atoms with Gasteiger partial charge in [-0.2, -0.15) is 0 Å². The van der Waals surface area contributed by atoms with Gasteiger partial charge in [0.2, 0.25) is 0 Å². The molecule has 1 aliphatic rings. The highest BCUT2D eigenvalue weighted by Gasteiger charge is 2.20. The number of amides is 1. The molecule has 0 aromatic heterocycles. The number of hydrogen-bond donors (Lipinski definition) is 1. The van der Waals surface area contributed by atoms with E-state index in [0.29, 0.717) is 17.3 Å². The van der Waals surface area contributed by atoms with Crippen LogP contribution in [0.25, 0.3) is 0 Å². The number of benzene rings is 2. The third-order valence-electron chi connectivity index (χ3n) is 4.72. The quantitative estimate of drug-likeness (QED) is 0.758. The molecular formula is C22H27N3O2S. The maximum atomic E-state index is 12.5. The summed E-state index contributed by atoms with van der Waals surface area (Å²) in [7, 11) is 0. The molecule has 0 radical (unpaired) electrons. The van der Waals surface area contributed by atoms with E-state index in [1.807, 2.05) is 18.2 Å². The smallest absolute Gasteiger partial charge is 0.257 e. The van der Waals surface area contributed by atoms with Crippen molar-refractivity contribution in [2.75, 3.05) is 32.8 Å². The highest BCUT2D eigenvalue weighted by molar-refractivity contribution is 7.80. The Balaban J connectivity index is 1.45. The van der Waals surface area contributed by atoms with E-state index in [1.165, 1.54) is 5.56 Å². The van der Waals surface area contributed by atoms with Crippen molar-refractivity contribution in [2.24, 2.45) is 0 Å². The first-order chi connectivity index (χ1) is 13.7. The molecule has 3 rings (SSSR count). The monoisotopic (exact) mass is 397 g/mol. The lowest BCUT2D eigenvalue weighted by Crippen LogP contribution is -2.52. The number of rotatable bonds is 6. The molecule has 1 heterocycles. The standard InChI is InChI=1S/C22H27N3O2S/c1-2-16-27-20-10-8-19(9-11-20)21(26)23-22(28)25-14-12-24(13-15-25)17-18-6-4-3-5-7-18/h3-11H,2,12-17H2,1H3,(H,23,26,28). The Kier molecular flexibility index (Phi) is 7.39. The van der Waals surface area contributed by atoms with Crippen LogP contribution in [0.1, 0.15) is 29.3 Å². The third kappa shape index (κ3) is 5.78. The fraction of sp³-hybridized carbons (Fsp3) is 0.364. The van der Waals surface area contributed by atoms with Crippen molar-refractivity contribution in [2.45, 2.75) is 19.9 Å². The van der Waals surface area contributed by atoms with E-state index in [1.54, 1.807) is 12.1 Å². The molecule has 0 atom stereocenters. The number of carbonyl (C=O) groups is 1. The van der Waals surface area contributed by atoms with E-state index >= 15 is 0 Å². The lowest BCUT2D eigenvalue weighted by molar-refractivity contribution is 0.0969. The average Bonchev–Trinajstić information content (AvgIpc) is 2.74. The van der Waals surface area contributed by atoms with E-state index in [4.69, 9.17) is 17.0 Å². The van der Waals surface area contributed by atoms with Gasteiger partial charge in [0.15, 0.2) is 5.11 Å². The molecule has 0 aliphatic carbocycles. The van der Waals surface area contributed by atoms with E-state index < -0.39 is 0 Å². The van der Waals surface area contributed by atoms with Gasteiger partial charge < -0.3 is 9.64 Å². The van der Waals surface area contributed by atoms with Gasteiger partial charge in [0.1, 0.15) is 5.75 Å². The number of thiocarbonyl (C=S) groups is 1. The second-order valence-electron chi connectivity index (χ2n) is 6.88. The number of nitrogens with one attached hydrogen (secondary N) is 1. The second kappa shape index (κ2) is 10.2. The minimum Gasteiger partial charge on any atom is -0.494 e. The van der Waals surface area contributed by atoms with Crippen LogP contribution in [0.5, 0.6) is 5.75 Å². The zero-order valence-corrected chi connectivity index (χ0v) is 17.1. The minimum absolute atomic E-state index is 0.182. The van der Waals surface area contributed by atoms with E-state index in [2.05, 4.69) is 46.3 Å². The first-order valence-corrected chi connectivity index (χ1v) is 10.2. The van der Waals surface area contributed by atoms with Crippen molar-refractivity contribution in [1.29, 1.82) is 0 Å². The van der Waals surface area contributed by atoms with Crippen molar-refractivity contribution < 1.29 is 9.53 Å². The van der Waals surface area contributed by atoms with Crippen LogP contribution in [0, 0.1) is 0 Å². The van der Waals surface area contributed by atoms with Gasteiger partial charge in [0, 0.05) is 38.3 Å². The van der Waals surface area contributed by atoms with Gasteiger partial charge in [-0.15, -0.1) is 0 Å². The molecular weight excluding hydrogens is 370 g/mol. The third-order valence-corrected chi connectivity index (χ3v) is 5.08. The zero-order chi connectivity index (χ0) is 19.8. The summed E-state index contributed by atoms with van der Waals surface area (Å²) in [6.45, 7) is 7.16. The van der Waals surface area contributed by atoms with Gasteiger partial charge in [-0.05, 0) is 48.5 Å². The minimum atomic E-state index is -0.182. The van der Waals surface area contributed by atoms with Crippen LogP contribution in [-0.2, 0) is 6.54 Å². The van der Waals surface area contributed by atoms with Gasteiger partial charge in [-0.25, -0.2) is 0 Å². The number of hydrogen-bond acceptors (Lipinski definition) is 4. The molecule has 1 N–H and O–H groups in total. The largest absolute Gasteiger partial charge is 0.494 e. The van der Waals surface area contributed by atoms with Crippen LogP contribution in [0.4, 0.5) is 0 Å². The second-order valence-corrected chi connectivity index (χ2v) is 7.27. The number of ether oxygens (including phenoxy) is 1. The summed E-state index contributed by atoms with van der Waals surface area (Å²) in [4.78, 5) is 16.9. The van der Waals surface area contributed by atoms with Crippen LogP contribution in [0.15, 0.2) is 54.6 Å². The van der Waals surface area contributed by atoms with Gasteiger partial charge in [0.25, 0.3) is 5.91 Å². The van der Waals surface area contributed by atoms with Crippen molar-refractivity contribution >= 4 is 23.2 Å². The van der Waals surface area contributed by atoms with E-state index in [0.717, 1.165) is 44.9 Å². The Hall–Kier alpha value is -2.44. The maximum Gasteiger partial charge on any atom is 0.257 e. The molecule has 1 amide bonds. The SMILES string of the molecule is CCCOc1ccc(C(=O)NC(=S)N2CCN(Cc3ccccc3)CC2)cc1. The van der Waals surface area contributed by atoms with Crippen LogP contribution >= 0.6 is 12.2 Å². The summed E-state index contributed by atoms with van der Waals surface area (Å²) in [6, 6.07) is 17.6. The summed E-state index contributed by atoms with van der Waals surface area (Å²) in [5.41, 5.74) is 1.90. The molecule has 6 heteroatoms. The molecule has 2 aromatic rings. The van der Waals surface area contributed by atoms with Gasteiger partial charge in [0.05, 0.1) is 6.61 Å². The van der Waals surface area contributed by atoms with E-state index in [9.17, 15) is 4.79 Å². The first-order valence-electron chi connectivity index (χ1n) is 9.75.